The Labute approximate surface area is 111 Å². The van der Waals surface area contributed by atoms with Crippen molar-refractivity contribution in [3.05, 3.63) is 45.9 Å². The molecule has 1 aromatic carbocycles. The van der Waals surface area contributed by atoms with Crippen LogP contribution in [0.5, 0.6) is 0 Å². The fourth-order valence-electron chi connectivity index (χ4n) is 1.39. The number of aromatic amines is 1. The highest BCUT2D eigenvalue weighted by Gasteiger charge is 2.13. The van der Waals surface area contributed by atoms with Crippen LogP contribution in [0.3, 0.4) is 0 Å². The predicted octanol–water partition coefficient (Wildman–Crippen LogP) is 1.82. The van der Waals surface area contributed by atoms with E-state index < -0.39 is 5.82 Å². The smallest absolute Gasteiger partial charge is 0.252 e. The normalized spacial score (nSPS) is 10.3. The molecule has 0 saturated carbocycles. The Morgan fingerprint density at radius 3 is 3.00 bits per heavy atom. The summed E-state index contributed by atoms with van der Waals surface area (Å²) in [6, 6.07) is 2.46. The lowest BCUT2D eigenvalue weighted by Gasteiger charge is -2.07. The highest BCUT2D eigenvalue weighted by Crippen LogP contribution is 2.22. The molecule has 4 N–H and O–H groups in total. The molecule has 0 unspecified atom stereocenters. The van der Waals surface area contributed by atoms with E-state index in [1.807, 2.05) is 0 Å². The molecule has 0 atom stereocenters. The van der Waals surface area contributed by atoms with Gasteiger partial charge in [-0.25, -0.2) is 4.39 Å². The van der Waals surface area contributed by atoms with Crippen molar-refractivity contribution in [2.45, 2.75) is 6.54 Å². The summed E-state index contributed by atoms with van der Waals surface area (Å²) >= 11 is 3.13. The SMILES string of the molecule is Nc1cc(C(=O)NCc2cn[nH]c2)c(Br)cc1F. The Hall–Kier alpha value is -1.89. The van der Waals surface area contributed by atoms with Crippen molar-refractivity contribution in [1.82, 2.24) is 15.5 Å². The van der Waals surface area contributed by atoms with Gasteiger partial charge in [0, 0.05) is 22.8 Å². The first-order chi connectivity index (χ1) is 8.58. The summed E-state index contributed by atoms with van der Waals surface area (Å²) in [5.74, 6) is -0.900. The lowest BCUT2D eigenvalue weighted by atomic mass is 10.2. The number of hydrogen-bond acceptors (Lipinski definition) is 3. The molecule has 5 nitrogen and oxygen atoms in total. The largest absolute Gasteiger partial charge is 0.396 e. The van der Waals surface area contributed by atoms with Crippen molar-refractivity contribution in [3.63, 3.8) is 0 Å². The van der Waals surface area contributed by atoms with Gasteiger partial charge >= 0.3 is 0 Å². The van der Waals surface area contributed by atoms with Crippen LogP contribution in [0.4, 0.5) is 10.1 Å². The van der Waals surface area contributed by atoms with Crippen LogP contribution >= 0.6 is 15.9 Å². The van der Waals surface area contributed by atoms with Crippen LogP contribution in [0.1, 0.15) is 15.9 Å². The number of aromatic nitrogens is 2. The number of carbonyl (C=O) groups excluding carboxylic acids is 1. The predicted molar refractivity (Wildman–Crippen MR) is 68.3 cm³/mol. The lowest BCUT2D eigenvalue weighted by Crippen LogP contribution is -2.23. The van der Waals surface area contributed by atoms with E-state index in [1.54, 1.807) is 12.4 Å². The number of nitrogens with two attached hydrogens (primary N) is 1. The van der Waals surface area contributed by atoms with Gasteiger partial charge in [-0.1, -0.05) is 0 Å². The number of H-pyrrole nitrogens is 1. The summed E-state index contributed by atoms with van der Waals surface area (Å²) < 4.78 is 13.5. The minimum absolute atomic E-state index is 0.0633. The minimum atomic E-state index is -0.562. The van der Waals surface area contributed by atoms with Crippen LogP contribution < -0.4 is 11.1 Å². The van der Waals surface area contributed by atoms with Crippen molar-refractivity contribution in [3.8, 4) is 0 Å². The summed E-state index contributed by atoms with van der Waals surface area (Å²) in [4.78, 5) is 11.9. The Kier molecular flexibility index (Phi) is 3.61. The number of benzene rings is 1. The van der Waals surface area contributed by atoms with Crippen LogP contribution in [-0.2, 0) is 6.54 Å². The fourth-order valence-corrected chi connectivity index (χ4v) is 1.89. The summed E-state index contributed by atoms with van der Waals surface area (Å²) in [5, 5.41) is 9.08. The average Bonchev–Trinajstić information content (AvgIpc) is 2.84. The number of halogens is 2. The number of nitrogen functional groups attached to an aromatic ring is 1. The second-order valence-electron chi connectivity index (χ2n) is 3.64. The maximum Gasteiger partial charge on any atom is 0.252 e. The molecule has 0 spiro atoms. The second kappa shape index (κ2) is 5.18. The fraction of sp³-hybridized carbons (Fsp3) is 0.0909. The number of rotatable bonds is 3. The Morgan fingerprint density at radius 1 is 1.56 bits per heavy atom. The van der Waals surface area contributed by atoms with E-state index in [-0.39, 0.29) is 17.2 Å². The third-order valence-electron chi connectivity index (χ3n) is 2.34. The van der Waals surface area contributed by atoms with E-state index in [9.17, 15) is 9.18 Å². The molecule has 94 valence electrons. The average molecular weight is 313 g/mol. The van der Waals surface area contributed by atoms with Crippen LogP contribution in [-0.4, -0.2) is 16.1 Å². The van der Waals surface area contributed by atoms with E-state index in [1.165, 1.54) is 12.1 Å². The van der Waals surface area contributed by atoms with Gasteiger partial charge in [0.05, 0.1) is 17.4 Å². The number of anilines is 1. The molecule has 0 aliphatic heterocycles. The van der Waals surface area contributed by atoms with E-state index >= 15 is 0 Å². The first kappa shape index (κ1) is 12.6. The van der Waals surface area contributed by atoms with Gasteiger partial charge < -0.3 is 11.1 Å². The molecule has 0 radical (unpaired) electrons. The topological polar surface area (TPSA) is 83.8 Å². The quantitative estimate of drug-likeness (QED) is 0.756. The zero-order chi connectivity index (χ0) is 13.1. The molecular formula is C11H10BrFN4O. The van der Waals surface area contributed by atoms with E-state index in [2.05, 4.69) is 31.4 Å². The zero-order valence-electron chi connectivity index (χ0n) is 9.21. The van der Waals surface area contributed by atoms with Gasteiger partial charge in [0.2, 0.25) is 0 Å². The van der Waals surface area contributed by atoms with Gasteiger partial charge in [-0.15, -0.1) is 0 Å². The number of carbonyl (C=O) groups is 1. The Balaban J connectivity index is 2.11. The van der Waals surface area contributed by atoms with Crippen molar-refractivity contribution in [2.75, 3.05) is 5.73 Å². The van der Waals surface area contributed by atoms with Crippen molar-refractivity contribution in [1.29, 1.82) is 0 Å². The molecule has 1 heterocycles. The molecule has 2 aromatic rings. The van der Waals surface area contributed by atoms with E-state index in [4.69, 9.17) is 5.73 Å². The van der Waals surface area contributed by atoms with Gasteiger partial charge in [0.15, 0.2) is 0 Å². The molecule has 2 rings (SSSR count). The lowest BCUT2D eigenvalue weighted by molar-refractivity contribution is 0.0950. The van der Waals surface area contributed by atoms with E-state index in [0.717, 1.165) is 5.56 Å². The molecule has 0 bridgehead atoms. The van der Waals surface area contributed by atoms with Crippen LogP contribution in [0.2, 0.25) is 0 Å². The molecule has 0 aliphatic carbocycles. The number of nitrogens with zero attached hydrogens (tertiary/aromatic N) is 1. The molecule has 1 amide bonds. The molecule has 0 fully saturated rings. The van der Waals surface area contributed by atoms with Gasteiger partial charge in [-0.05, 0) is 28.1 Å². The Bertz CT molecular complexity index is 571. The summed E-state index contributed by atoms with van der Waals surface area (Å²) in [6.45, 7) is 0.332. The van der Waals surface area contributed by atoms with Gasteiger partial charge in [-0.3, -0.25) is 9.89 Å². The first-order valence-electron chi connectivity index (χ1n) is 5.08. The molecule has 7 heteroatoms. The molecule has 0 saturated heterocycles. The zero-order valence-corrected chi connectivity index (χ0v) is 10.8. The Morgan fingerprint density at radius 2 is 2.33 bits per heavy atom. The summed E-state index contributed by atoms with van der Waals surface area (Å²) in [5.41, 5.74) is 6.50. The van der Waals surface area contributed by atoms with Crippen LogP contribution in [0, 0.1) is 5.82 Å². The molecule has 18 heavy (non-hydrogen) atoms. The van der Waals surface area contributed by atoms with Crippen molar-refractivity contribution >= 4 is 27.5 Å². The van der Waals surface area contributed by atoms with Gasteiger partial charge in [0.1, 0.15) is 5.82 Å². The van der Waals surface area contributed by atoms with Gasteiger partial charge in [-0.2, -0.15) is 5.10 Å². The van der Waals surface area contributed by atoms with Crippen LogP contribution in [0.25, 0.3) is 0 Å². The third-order valence-corrected chi connectivity index (χ3v) is 2.99. The van der Waals surface area contributed by atoms with E-state index in [0.29, 0.717) is 11.0 Å². The molecule has 1 aromatic heterocycles. The maximum atomic E-state index is 13.1. The first-order valence-corrected chi connectivity index (χ1v) is 5.87. The third kappa shape index (κ3) is 2.67. The minimum Gasteiger partial charge on any atom is -0.396 e. The highest BCUT2D eigenvalue weighted by atomic mass is 79.9. The summed E-state index contributed by atoms with van der Waals surface area (Å²) in [7, 11) is 0. The second-order valence-corrected chi connectivity index (χ2v) is 4.50. The monoisotopic (exact) mass is 312 g/mol. The van der Waals surface area contributed by atoms with Crippen molar-refractivity contribution in [2.24, 2.45) is 0 Å². The standard InChI is InChI=1S/C11H10BrFN4O/c12-8-2-9(13)10(14)1-7(8)11(18)15-3-6-4-16-17-5-6/h1-2,4-5H,3,14H2,(H,15,18)(H,16,17). The summed E-state index contributed by atoms with van der Waals surface area (Å²) in [6.07, 6.45) is 3.28. The number of hydrogen-bond donors (Lipinski definition) is 3. The molecule has 0 aliphatic rings. The van der Waals surface area contributed by atoms with Crippen molar-refractivity contribution < 1.29 is 9.18 Å². The maximum absolute atomic E-state index is 13.1. The highest BCUT2D eigenvalue weighted by molar-refractivity contribution is 9.10. The molecular weight excluding hydrogens is 303 g/mol. The number of amides is 1. The van der Waals surface area contributed by atoms with Crippen LogP contribution in [0.15, 0.2) is 29.0 Å². The number of nitrogens with one attached hydrogen (secondary N) is 2. The van der Waals surface area contributed by atoms with Gasteiger partial charge in [0.25, 0.3) is 5.91 Å².